The number of hydrogen-bond donors (Lipinski definition) is 2. The van der Waals surface area contributed by atoms with Crippen molar-refractivity contribution in [1.29, 1.82) is 0 Å². The zero-order valence-electron chi connectivity index (χ0n) is 10.1. The van der Waals surface area contributed by atoms with Crippen LogP contribution in [0.1, 0.15) is 19.4 Å². The fraction of sp³-hybridized carbons (Fsp3) is 0.308. The average molecular weight is 231 g/mol. The van der Waals surface area contributed by atoms with Crippen LogP contribution in [0.2, 0.25) is 0 Å². The second-order valence-electron chi connectivity index (χ2n) is 4.97. The van der Waals surface area contributed by atoms with Crippen molar-refractivity contribution < 1.29 is 0 Å². The van der Waals surface area contributed by atoms with E-state index >= 15 is 0 Å². The smallest absolute Gasteiger partial charge is 0.325 e. The molecule has 1 aromatic carbocycles. The molecule has 0 spiro atoms. The minimum atomic E-state index is -0.216. The van der Waals surface area contributed by atoms with Crippen LogP contribution < -0.4 is 11.4 Å². The molecule has 4 nitrogen and oxygen atoms in total. The second-order valence-corrected chi connectivity index (χ2v) is 4.97. The summed E-state index contributed by atoms with van der Waals surface area (Å²) in [4.78, 5) is 14.0. The van der Waals surface area contributed by atoms with Crippen LogP contribution in [0.3, 0.4) is 0 Å². The molecule has 0 amide bonds. The summed E-state index contributed by atoms with van der Waals surface area (Å²) in [7, 11) is 0. The maximum atomic E-state index is 11.4. The Morgan fingerprint density at radius 3 is 2.41 bits per heavy atom. The van der Waals surface area contributed by atoms with Gasteiger partial charge in [-0.25, -0.2) is 4.79 Å². The SMILES string of the molecule is CC(C)(N)Cc1ccc(-n2cc[nH]c2=O)cc1. The summed E-state index contributed by atoms with van der Waals surface area (Å²) in [6.07, 6.45) is 4.15. The van der Waals surface area contributed by atoms with Gasteiger partial charge in [-0.3, -0.25) is 4.57 Å². The van der Waals surface area contributed by atoms with E-state index in [2.05, 4.69) is 4.98 Å². The highest BCUT2D eigenvalue weighted by molar-refractivity contribution is 5.35. The van der Waals surface area contributed by atoms with Crippen molar-refractivity contribution in [3.8, 4) is 5.69 Å². The third-order valence-corrected chi connectivity index (χ3v) is 2.52. The van der Waals surface area contributed by atoms with Gasteiger partial charge >= 0.3 is 5.69 Å². The van der Waals surface area contributed by atoms with Crippen molar-refractivity contribution in [3.63, 3.8) is 0 Å². The lowest BCUT2D eigenvalue weighted by Crippen LogP contribution is -2.34. The van der Waals surface area contributed by atoms with Crippen molar-refractivity contribution in [2.75, 3.05) is 0 Å². The van der Waals surface area contributed by atoms with E-state index in [4.69, 9.17) is 5.73 Å². The molecule has 0 aliphatic heterocycles. The van der Waals surface area contributed by atoms with Gasteiger partial charge in [0.25, 0.3) is 0 Å². The molecule has 0 radical (unpaired) electrons. The quantitative estimate of drug-likeness (QED) is 0.839. The summed E-state index contributed by atoms with van der Waals surface area (Å²) in [5.41, 5.74) is 7.65. The molecule has 90 valence electrons. The highest BCUT2D eigenvalue weighted by Gasteiger charge is 2.11. The van der Waals surface area contributed by atoms with Crippen LogP contribution in [0.25, 0.3) is 5.69 Å². The molecule has 2 aromatic rings. The van der Waals surface area contributed by atoms with Gasteiger partial charge in [0.05, 0.1) is 5.69 Å². The Morgan fingerprint density at radius 1 is 1.29 bits per heavy atom. The third kappa shape index (κ3) is 2.85. The van der Waals surface area contributed by atoms with Gasteiger partial charge in [0, 0.05) is 17.9 Å². The van der Waals surface area contributed by atoms with E-state index in [0.717, 1.165) is 12.1 Å². The first kappa shape index (κ1) is 11.7. The molecule has 0 bridgehead atoms. The molecule has 1 aromatic heterocycles. The van der Waals surface area contributed by atoms with Crippen LogP contribution in [0.4, 0.5) is 0 Å². The molecule has 1 heterocycles. The van der Waals surface area contributed by atoms with Gasteiger partial charge in [-0.1, -0.05) is 12.1 Å². The molecule has 17 heavy (non-hydrogen) atoms. The first-order chi connectivity index (χ1) is 7.96. The number of hydrogen-bond acceptors (Lipinski definition) is 2. The lowest BCUT2D eigenvalue weighted by atomic mass is 9.96. The Bertz CT molecular complexity index is 543. The molecule has 0 saturated carbocycles. The summed E-state index contributed by atoms with van der Waals surface area (Å²) in [5.74, 6) is 0. The standard InChI is InChI=1S/C13H17N3O/c1-13(2,14)9-10-3-5-11(6-4-10)16-8-7-15-12(16)17/h3-8H,9,14H2,1-2H3,(H,15,17). The van der Waals surface area contributed by atoms with Gasteiger partial charge in [-0.05, 0) is 38.0 Å². The fourth-order valence-corrected chi connectivity index (χ4v) is 1.82. The second kappa shape index (κ2) is 4.22. The molecule has 3 N–H and O–H groups in total. The first-order valence-corrected chi connectivity index (χ1v) is 5.60. The molecule has 0 aliphatic rings. The number of nitrogens with one attached hydrogen (secondary N) is 1. The van der Waals surface area contributed by atoms with E-state index in [0.29, 0.717) is 0 Å². The first-order valence-electron chi connectivity index (χ1n) is 5.60. The highest BCUT2D eigenvalue weighted by atomic mass is 16.1. The molecular formula is C13H17N3O. The number of aromatic nitrogens is 2. The summed E-state index contributed by atoms with van der Waals surface area (Å²) in [6.45, 7) is 4.00. The van der Waals surface area contributed by atoms with Crippen LogP contribution >= 0.6 is 0 Å². The van der Waals surface area contributed by atoms with Crippen LogP contribution in [-0.2, 0) is 6.42 Å². The summed E-state index contributed by atoms with van der Waals surface area (Å²) in [5, 5.41) is 0. The molecule has 0 unspecified atom stereocenters. The number of imidazole rings is 1. The lowest BCUT2D eigenvalue weighted by molar-refractivity contribution is 0.517. The van der Waals surface area contributed by atoms with E-state index in [1.165, 1.54) is 5.56 Å². The molecule has 0 saturated heterocycles. The number of nitrogens with two attached hydrogens (primary N) is 1. The predicted octanol–water partition coefficient (Wildman–Crippen LogP) is 1.45. The zero-order chi connectivity index (χ0) is 12.5. The van der Waals surface area contributed by atoms with E-state index in [1.807, 2.05) is 38.1 Å². The van der Waals surface area contributed by atoms with Crippen molar-refractivity contribution in [2.45, 2.75) is 25.8 Å². The maximum Gasteiger partial charge on any atom is 0.330 e. The topological polar surface area (TPSA) is 63.8 Å². The number of aromatic amines is 1. The van der Waals surface area contributed by atoms with Crippen LogP contribution in [0.15, 0.2) is 41.5 Å². The monoisotopic (exact) mass is 231 g/mol. The predicted molar refractivity (Wildman–Crippen MR) is 68.4 cm³/mol. The molecular weight excluding hydrogens is 214 g/mol. The largest absolute Gasteiger partial charge is 0.330 e. The fourth-order valence-electron chi connectivity index (χ4n) is 1.82. The van der Waals surface area contributed by atoms with E-state index in [1.54, 1.807) is 17.0 Å². The van der Waals surface area contributed by atoms with E-state index < -0.39 is 0 Å². The van der Waals surface area contributed by atoms with Crippen molar-refractivity contribution >= 4 is 0 Å². The third-order valence-electron chi connectivity index (χ3n) is 2.52. The summed E-state index contributed by atoms with van der Waals surface area (Å²) in [6, 6.07) is 7.86. The molecule has 0 fully saturated rings. The summed E-state index contributed by atoms with van der Waals surface area (Å²) < 4.78 is 1.57. The normalized spacial score (nSPS) is 11.7. The number of nitrogens with zero attached hydrogens (tertiary/aromatic N) is 1. The maximum absolute atomic E-state index is 11.4. The van der Waals surface area contributed by atoms with Gasteiger partial charge in [-0.2, -0.15) is 0 Å². The Balaban J connectivity index is 2.25. The molecule has 2 rings (SSSR count). The Morgan fingerprint density at radius 2 is 1.94 bits per heavy atom. The zero-order valence-corrected chi connectivity index (χ0v) is 10.1. The molecule has 0 atom stereocenters. The van der Waals surface area contributed by atoms with E-state index in [9.17, 15) is 4.79 Å². The molecule has 4 heteroatoms. The minimum Gasteiger partial charge on any atom is -0.325 e. The van der Waals surface area contributed by atoms with Crippen LogP contribution in [0.5, 0.6) is 0 Å². The van der Waals surface area contributed by atoms with Gasteiger partial charge in [-0.15, -0.1) is 0 Å². The number of H-pyrrole nitrogens is 1. The van der Waals surface area contributed by atoms with Crippen LogP contribution in [-0.4, -0.2) is 15.1 Å². The Labute approximate surface area is 100 Å². The lowest BCUT2D eigenvalue weighted by Gasteiger charge is -2.18. The van der Waals surface area contributed by atoms with Crippen molar-refractivity contribution in [1.82, 2.24) is 9.55 Å². The van der Waals surface area contributed by atoms with Crippen molar-refractivity contribution in [3.05, 3.63) is 52.7 Å². The van der Waals surface area contributed by atoms with Gasteiger partial charge in [0.1, 0.15) is 0 Å². The number of rotatable bonds is 3. The summed E-state index contributed by atoms with van der Waals surface area (Å²) >= 11 is 0. The van der Waals surface area contributed by atoms with E-state index in [-0.39, 0.29) is 11.2 Å². The van der Waals surface area contributed by atoms with Crippen molar-refractivity contribution in [2.24, 2.45) is 5.73 Å². The van der Waals surface area contributed by atoms with Crippen LogP contribution in [0, 0.1) is 0 Å². The average Bonchev–Trinajstić information content (AvgIpc) is 2.63. The minimum absolute atomic E-state index is 0.128. The van der Waals surface area contributed by atoms with Gasteiger partial charge in [0.2, 0.25) is 0 Å². The number of benzene rings is 1. The van der Waals surface area contributed by atoms with Gasteiger partial charge < -0.3 is 10.7 Å². The highest BCUT2D eigenvalue weighted by Crippen LogP contribution is 2.12. The molecule has 0 aliphatic carbocycles. The Kier molecular flexibility index (Phi) is 2.90. The Hall–Kier alpha value is -1.81. The van der Waals surface area contributed by atoms with Gasteiger partial charge in [0.15, 0.2) is 0 Å².